The second-order valence-electron chi connectivity index (χ2n) is 6.16. The summed E-state index contributed by atoms with van der Waals surface area (Å²) in [5, 5.41) is 0. The van der Waals surface area contributed by atoms with Crippen molar-refractivity contribution in [2.45, 2.75) is 32.4 Å². The number of esters is 2. The fourth-order valence-corrected chi connectivity index (χ4v) is 3.13. The number of hydrogen-bond acceptors (Lipinski definition) is 5. The molecule has 0 aliphatic carbocycles. The molecule has 1 aromatic carbocycles. The zero-order valence-corrected chi connectivity index (χ0v) is 15.6. The van der Waals surface area contributed by atoms with Gasteiger partial charge in [0.1, 0.15) is 6.54 Å². The van der Waals surface area contributed by atoms with Crippen molar-refractivity contribution in [1.29, 1.82) is 0 Å². The lowest BCUT2D eigenvalue weighted by molar-refractivity contribution is -0.148. The number of nitrogens with zero attached hydrogens (tertiary/aromatic N) is 1. The summed E-state index contributed by atoms with van der Waals surface area (Å²) in [6, 6.07) is 4.47. The van der Waals surface area contributed by atoms with Gasteiger partial charge < -0.3 is 14.4 Å². The van der Waals surface area contributed by atoms with Crippen LogP contribution in [0.5, 0.6) is 0 Å². The summed E-state index contributed by atoms with van der Waals surface area (Å²) >= 11 is 0. The van der Waals surface area contributed by atoms with Crippen LogP contribution in [0.15, 0.2) is 35.5 Å². The first-order chi connectivity index (χ1) is 13.1. The van der Waals surface area contributed by atoms with Crippen LogP contribution < -0.4 is 0 Å². The molecule has 9 heteroatoms. The average molecular weight is 399 g/mol. The van der Waals surface area contributed by atoms with E-state index >= 15 is 0 Å². The van der Waals surface area contributed by atoms with Gasteiger partial charge >= 0.3 is 18.1 Å². The summed E-state index contributed by atoms with van der Waals surface area (Å²) < 4.78 is 48.8. The van der Waals surface area contributed by atoms with Gasteiger partial charge in [0.15, 0.2) is 0 Å². The minimum atomic E-state index is -4.56. The number of halogens is 3. The van der Waals surface area contributed by atoms with E-state index in [1.807, 2.05) is 0 Å². The number of allylic oxidation sites excluding steroid dienone is 1. The highest BCUT2D eigenvalue weighted by atomic mass is 19.4. The molecule has 2 rings (SSSR count). The standard InChI is InChI=1S/C19H20F3NO5/c1-4-28-16(25)10-23-11(2)17(18(26)27-3)14(9-15(23)24)12-6-5-7-13(8-12)19(20,21)22/h5-8,14H,4,9-10H2,1-3H3/t14-/m1/s1. The molecule has 0 saturated carbocycles. The molecular formula is C19H20F3NO5. The predicted octanol–water partition coefficient (Wildman–Crippen LogP) is 3.03. The van der Waals surface area contributed by atoms with E-state index in [2.05, 4.69) is 0 Å². The van der Waals surface area contributed by atoms with Crippen LogP contribution in [0.3, 0.4) is 0 Å². The summed E-state index contributed by atoms with van der Waals surface area (Å²) in [5.41, 5.74) is -0.531. The predicted molar refractivity (Wildman–Crippen MR) is 91.9 cm³/mol. The zero-order valence-electron chi connectivity index (χ0n) is 15.6. The van der Waals surface area contributed by atoms with Crippen molar-refractivity contribution in [2.75, 3.05) is 20.3 Å². The third-order valence-corrected chi connectivity index (χ3v) is 4.44. The number of methoxy groups -OCH3 is 1. The number of carbonyl (C=O) groups is 3. The molecule has 0 aromatic heterocycles. The molecule has 1 aliphatic rings. The number of alkyl halides is 3. The van der Waals surface area contributed by atoms with E-state index < -0.39 is 42.0 Å². The monoisotopic (exact) mass is 399 g/mol. The molecule has 0 bridgehead atoms. The van der Waals surface area contributed by atoms with E-state index in [4.69, 9.17) is 9.47 Å². The first kappa shape index (κ1) is 21.5. The number of benzene rings is 1. The molecule has 6 nitrogen and oxygen atoms in total. The molecule has 1 heterocycles. The number of carbonyl (C=O) groups excluding carboxylic acids is 3. The quantitative estimate of drug-likeness (QED) is 0.712. The van der Waals surface area contributed by atoms with Crippen LogP contribution in [0.1, 0.15) is 37.3 Å². The second-order valence-corrected chi connectivity index (χ2v) is 6.16. The van der Waals surface area contributed by atoms with Gasteiger partial charge in [0.2, 0.25) is 5.91 Å². The Morgan fingerprint density at radius 2 is 1.96 bits per heavy atom. The second kappa shape index (κ2) is 8.45. The van der Waals surface area contributed by atoms with Gasteiger partial charge in [-0.05, 0) is 25.5 Å². The Kier molecular flexibility index (Phi) is 6.48. The van der Waals surface area contributed by atoms with Gasteiger partial charge in [-0.2, -0.15) is 13.2 Å². The third kappa shape index (κ3) is 4.52. The number of amides is 1. The smallest absolute Gasteiger partial charge is 0.416 e. The topological polar surface area (TPSA) is 72.9 Å². The summed E-state index contributed by atoms with van der Waals surface area (Å²) in [7, 11) is 1.14. The normalized spacial score (nSPS) is 17.6. The summed E-state index contributed by atoms with van der Waals surface area (Å²) in [5.74, 6) is -2.85. The summed E-state index contributed by atoms with van der Waals surface area (Å²) in [4.78, 5) is 37.8. The molecule has 1 aliphatic heterocycles. The van der Waals surface area contributed by atoms with Crippen molar-refractivity contribution >= 4 is 17.8 Å². The fraction of sp³-hybridized carbons (Fsp3) is 0.421. The summed E-state index contributed by atoms with van der Waals surface area (Å²) in [6.45, 7) is 2.79. The maximum Gasteiger partial charge on any atom is 0.416 e. The fourth-order valence-electron chi connectivity index (χ4n) is 3.13. The Labute approximate surface area is 159 Å². The van der Waals surface area contributed by atoms with Crippen LogP contribution in [0, 0.1) is 0 Å². The highest BCUT2D eigenvalue weighted by Gasteiger charge is 2.38. The number of ether oxygens (including phenoxy) is 2. The average Bonchev–Trinajstić information content (AvgIpc) is 2.63. The molecule has 0 fully saturated rings. The van der Waals surface area contributed by atoms with Crippen LogP contribution in [-0.2, 0) is 30.0 Å². The highest BCUT2D eigenvalue weighted by molar-refractivity contribution is 5.96. The Morgan fingerprint density at radius 1 is 1.29 bits per heavy atom. The van der Waals surface area contributed by atoms with E-state index in [-0.39, 0.29) is 29.9 Å². The Balaban J connectivity index is 2.51. The van der Waals surface area contributed by atoms with E-state index in [0.717, 1.165) is 24.1 Å². The molecule has 0 radical (unpaired) electrons. The molecule has 0 saturated heterocycles. The minimum Gasteiger partial charge on any atom is -0.466 e. The van der Waals surface area contributed by atoms with Crippen molar-refractivity contribution in [1.82, 2.24) is 4.90 Å². The van der Waals surface area contributed by atoms with Crippen molar-refractivity contribution in [3.63, 3.8) is 0 Å². The van der Waals surface area contributed by atoms with Gasteiger partial charge in [-0.25, -0.2) is 4.79 Å². The molecule has 1 amide bonds. The van der Waals surface area contributed by atoms with Crippen LogP contribution >= 0.6 is 0 Å². The molecule has 152 valence electrons. The molecule has 0 spiro atoms. The number of rotatable bonds is 5. The van der Waals surface area contributed by atoms with E-state index in [9.17, 15) is 27.6 Å². The first-order valence-corrected chi connectivity index (χ1v) is 8.52. The van der Waals surface area contributed by atoms with Crippen LogP contribution in [0.25, 0.3) is 0 Å². The van der Waals surface area contributed by atoms with Crippen molar-refractivity contribution < 1.29 is 37.0 Å². The Bertz CT molecular complexity index is 816. The molecular weight excluding hydrogens is 379 g/mol. The maximum atomic E-state index is 13.1. The molecule has 28 heavy (non-hydrogen) atoms. The number of hydrogen-bond donors (Lipinski definition) is 0. The summed E-state index contributed by atoms with van der Waals surface area (Å²) in [6.07, 6.45) is -4.84. The van der Waals surface area contributed by atoms with E-state index in [0.29, 0.717) is 0 Å². The lowest BCUT2D eigenvalue weighted by Gasteiger charge is -2.33. The molecule has 0 N–H and O–H groups in total. The van der Waals surface area contributed by atoms with Crippen molar-refractivity contribution in [3.05, 3.63) is 46.7 Å². The van der Waals surface area contributed by atoms with Gasteiger partial charge in [0, 0.05) is 18.0 Å². The van der Waals surface area contributed by atoms with Crippen LogP contribution in [-0.4, -0.2) is 43.0 Å². The van der Waals surface area contributed by atoms with Gasteiger partial charge in [-0.1, -0.05) is 18.2 Å². The maximum absolute atomic E-state index is 13.1. The lowest BCUT2D eigenvalue weighted by Crippen LogP contribution is -2.41. The van der Waals surface area contributed by atoms with E-state index in [1.54, 1.807) is 6.92 Å². The third-order valence-electron chi connectivity index (χ3n) is 4.44. The molecule has 1 atom stereocenters. The molecule has 0 unspecified atom stereocenters. The Morgan fingerprint density at radius 3 is 2.54 bits per heavy atom. The zero-order chi connectivity index (χ0) is 21.1. The SMILES string of the molecule is CCOC(=O)CN1C(=O)C[C@H](c2cccc(C(F)(F)F)c2)C(C(=O)OC)=C1C. The Hall–Kier alpha value is -2.84. The van der Waals surface area contributed by atoms with E-state index in [1.165, 1.54) is 19.1 Å². The van der Waals surface area contributed by atoms with Crippen molar-refractivity contribution in [2.24, 2.45) is 0 Å². The van der Waals surface area contributed by atoms with Gasteiger partial charge in [-0.3, -0.25) is 9.59 Å². The van der Waals surface area contributed by atoms with Gasteiger partial charge in [-0.15, -0.1) is 0 Å². The van der Waals surface area contributed by atoms with Gasteiger partial charge in [0.05, 0.1) is 24.9 Å². The minimum absolute atomic E-state index is 0.0331. The van der Waals surface area contributed by atoms with Crippen molar-refractivity contribution in [3.8, 4) is 0 Å². The molecule has 1 aromatic rings. The highest BCUT2D eigenvalue weighted by Crippen LogP contribution is 2.39. The lowest BCUT2D eigenvalue weighted by atomic mass is 9.83. The first-order valence-electron chi connectivity index (χ1n) is 8.52. The van der Waals surface area contributed by atoms with Crippen LogP contribution in [0.4, 0.5) is 13.2 Å². The largest absolute Gasteiger partial charge is 0.466 e. The van der Waals surface area contributed by atoms with Gasteiger partial charge in [0.25, 0.3) is 0 Å². The van der Waals surface area contributed by atoms with Crippen LogP contribution in [0.2, 0.25) is 0 Å².